The monoisotopic (exact) mass is 369 g/mol. The molecular formula is C26H27NO. The number of hydrogen-bond acceptors (Lipinski definition) is 1. The van der Waals surface area contributed by atoms with Crippen molar-refractivity contribution in [1.82, 2.24) is 4.90 Å². The van der Waals surface area contributed by atoms with Gasteiger partial charge in [0.05, 0.1) is 6.04 Å². The average Bonchev–Trinajstić information content (AvgIpc) is 2.72. The van der Waals surface area contributed by atoms with Gasteiger partial charge >= 0.3 is 0 Å². The minimum Gasteiger partial charge on any atom is -0.327 e. The summed E-state index contributed by atoms with van der Waals surface area (Å²) in [5.41, 5.74) is 5.82. The van der Waals surface area contributed by atoms with Gasteiger partial charge in [-0.1, -0.05) is 87.5 Å². The fraction of sp³-hybridized carbons (Fsp3) is 0.269. The molecule has 1 aliphatic heterocycles. The lowest BCUT2D eigenvalue weighted by Crippen LogP contribution is -2.40. The van der Waals surface area contributed by atoms with E-state index in [9.17, 15) is 4.79 Å². The molecule has 0 saturated carbocycles. The molecule has 0 saturated heterocycles. The largest absolute Gasteiger partial charge is 0.327 e. The Morgan fingerprint density at radius 1 is 0.857 bits per heavy atom. The predicted octanol–water partition coefficient (Wildman–Crippen LogP) is 5.77. The van der Waals surface area contributed by atoms with Gasteiger partial charge in [0.1, 0.15) is 0 Å². The van der Waals surface area contributed by atoms with Crippen molar-refractivity contribution in [3.05, 3.63) is 107 Å². The Kier molecular flexibility index (Phi) is 4.80. The summed E-state index contributed by atoms with van der Waals surface area (Å²) in [5, 5.41) is 0. The molecular weight excluding hydrogens is 342 g/mol. The van der Waals surface area contributed by atoms with Crippen molar-refractivity contribution in [3.63, 3.8) is 0 Å². The van der Waals surface area contributed by atoms with Gasteiger partial charge in [-0.15, -0.1) is 0 Å². The molecule has 28 heavy (non-hydrogen) atoms. The molecule has 1 aliphatic rings. The van der Waals surface area contributed by atoms with Crippen molar-refractivity contribution < 1.29 is 4.79 Å². The Bertz CT molecular complexity index is 967. The van der Waals surface area contributed by atoms with E-state index in [1.807, 2.05) is 35.2 Å². The average molecular weight is 370 g/mol. The number of carbonyl (C=O) groups excluding carboxylic acids is 1. The Morgan fingerprint density at radius 2 is 1.50 bits per heavy atom. The Hall–Kier alpha value is -2.87. The van der Waals surface area contributed by atoms with Crippen LogP contribution in [-0.2, 0) is 11.8 Å². The highest BCUT2D eigenvalue weighted by Crippen LogP contribution is 2.36. The third-order valence-electron chi connectivity index (χ3n) is 5.66. The van der Waals surface area contributed by atoms with Gasteiger partial charge in [0, 0.05) is 12.1 Å². The molecule has 0 N–H and O–H groups in total. The lowest BCUT2D eigenvalue weighted by atomic mass is 9.86. The summed E-state index contributed by atoms with van der Waals surface area (Å²) in [4.78, 5) is 15.5. The highest BCUT2D eigenvalue weighted by molar-refractivity contribution is 5.95. The number of amides is 1. The number of carbonyl (C=O) groups is 1. The van der Waals surface area contributed by atoms with Crippen molar-refractivity contribution >= 4 is 5.91 Å². The quantitative estimate of drug-likeness (QED) is 0.561. The molecule has 3 aromatic carbocycles. The van der Waals surface area contributed by atoms with Crippen LogP contribution in [0.25, 0.3) is 0 Å². The second-order valence-corrected chi connectivity index (χ2v) is 8.59. The van der Waals surface area contributed by atoms with E-state index in [4.69, 9.17) is 0 Å². The highest BCUT2D eigenvalue weighted by atomic mass is 16.2. The number of rotatable bonds is 2. The maximum Gasteiger partial charge on any atom is 0.254 e. The SMILES string of the molecule is CC(C)(C)c1ccc(C(=O)N2CCc3ccccc3C2c2ccccc2)cc1. The van der Waals surface area contributed by atoms with E-state index in [0.717, 1.165) is 24.1 Å². The van der Waals surface area contributed by atoms with Gasteiger partial charge in [-0.05, 0) is 46.2 Å². The van der Waals surface area contributed by atoms with Crippen LogP contribution in [0.4, 0.5) is 0 Å². The summed E-state index contributed by atoms with van der Waals surface area (Å²) in [6, 6.07) is 27.0. The second-order valence-electron chi connectivity index (χ2n) is 8.59. The van der Waals surface area contributed by atoms with Crippen molar-refractivity contribution in [2.45, 2.75) is 38.6 Å². The molecule has 0 aromatic heterocycles. The zero-order valence-electron chi connectivity index (χ0n) is 16.9. The summed E-state index contributed by atoms with van der Waals surface area (Å²) in [6.07, 6.45) is 0.894. The van der Waals surface area contributed by atoms with Gasteiger partial charge in [0.15, 0.2) is 0 Å². The lowest BCUT2D eigenvalue weighted by Gasteiger charge is -2.38. The standard InChI is InChI=1S/C26H27NO/c1-26(2,3)22-15-13-21(14-16-22)25(28)27-18-17-19-9-7-8-12-23(19)24(27)20-10-5-4-6-11-20/h4-16,24H,17-18H2,1-3H3. The summed E-state index contributed by atoms with van der Waals surface area (Å²) >= 11 is 0. The zero-order chi connectivity index (χ0) is 19.7. The molecule has 4 rings (SSSR count). The summed E-state index contributed by atoms with van der Waals surface area (Å²) < 4.78 is 0. The van der Waals surface area contributed by atoms with Crippen molar-refractivity contribution in [2.24, 2.45) is 0 Å². The van der Waals surface area contributed by atoms with Crippen molar-refractivity contribution in [1.29, 1.82) is 0 Å². The summed E-state index contributed by atoms with van der Waals surface area (Å²) in [5.74, 6) is 0.101. The Morgan fingerprint density at radius 3 is 2.18 bits per heavy atom. The molecule has 0 bridgehead atoms. The van der Waals surface area contributed by atoms with Gasteiger partial charge in [-0.2, -0.15) is 0 Å². The molecule has 142 valence electrons. The first-order valence-corrected chi connectivity index (χ1v) is 9.99. The van der Waals surface area contributed by atoms with Crippen LogP contribution in [0.15, 0.2) is 78.9 Å². The first-order chi connectivity index (χ1) is 13.4. The first-order valence-electron chi connectivity index (χ1n) is 9.99. The van der Waals surface area contributed by atoms with Crippen LogP contribution in [0.1, 0.15) is 59.4 Å². The van der Waals surface area contributed by atoms with Crippen LogP contribution in [0.5, 0.6) is 0 Å². The smallest absolute Gasteiger partial charge is 0.254 e. The molecule has 1 amide bonds. The van der Waals surface area contributed by atoms with Crippen LogP contribution in [0.3, 0.4) is 0 Å². The zero-order valence-corrected chi connectivity index (χ0v) is 16.9. The van der Waals surface area contributed by atoms with Gasteiger partial charge in [0.25, 0.3) is 5.91 Å². The fourth-order valence-electron chi connectivity index (χ4n) is 4.06. The fourth-order valence-corrected chi connectivity index (χ4v) is 4.06. The summed E-state index contributed by atoms with van der Waals surface area (Å²) in [7, 11) is 0. The topological polar surface area (TPSA) is 20.3 Å². The van der Waals surface area contributed by atoms with Gasteiger partial charge < -0.3 is 4.90 Å². The maximum atomic E-state index is 13.5. The van der Waals surface area contributed by atoms with E-state index in [1.165, 1.54) is 16.7 Å². The van der Waals surface area contributed by atoms with E-state index >= 15 is 0 Å². The molecule has 3 aromatic rings. The van der Waals surface area contributed by atoms with Crippen molar-refractivity contribution in [3.8, 4) is 0 Å². The second kappa shape index (κ2) is 7.27. The van der Waals surface area contributed by atoms with Crippen LogP contribution in [0, 0.1) is 0 Å². The maximum absolute atomic E-state index is 13.5. The molecule has 1 atom stereocenters. The highest BCUT2D eigenvalue weighted by Gasteiger charge is 2.32. The minimum atomic E-state index is -0.0408. The minimum absolute atomic E-state index is 0.0408. The van der Waals surface area contributed by atoms with Crippen molar-refractivity contribution in [2.75, 3.05) is 6.54 Å². The number of fused-ring (bicyclic) bond motifs is 1. The van der Waals surface area contributed by atoms with Crippen LogP contribution in [-0.4, -0.2) is 17.4 Å². The molecule has 0 radical (unpaired) electrons. The number of nitrogens with zero attached hydrogens (tertiary/aromatic N) is 1. The molecule has 1 unspecified atom stereocenters. The van der Waals surface area contributed by atoms with E-state index in [2.05, 4.69) is 69.3 Å². The molecule has 0 fully saturated rings. The molecule has 2 heteroatoms. The van der Waals surface area contributed by atoms with Crippen LogP contribution < -0.4 is 0 Å². The molecule has 1 heterocycles. The Balaban J connectivity index is 1.72. The molecule has 0 aliphatic carbocycles. The normalized spacial score (nSPS) is 16.5. The molecule has 0 spiro atoms. The van der Waals surface area contributed by atoms with Crippen LogP contribution in [0.2, 0.25) is 0 Å². The van der Waals surface area contributed by atoms with E-state index in [0.29, 0.717) is 0 Å². The number of benzene rings is 3. The number of hydrogen-bond donors (Lipinski definition) is 0. The predicted molar refractivity (Wildman–Crippen MR) is 115 cm³/mol. The molecule has 2 nitrogen and oxygen atoms in total. The lowest BCUT2D eigenvalue weighted by molar-refractivity contribution is 0.0694. The first kappa shape index (κ1) is 18.5. The van der Waals surface area contributed by atoms with Crippen LogP contribution >= 0.6 is 0 Å². The van der Waals surface area contributed by atoms with E-state index in [1.54, 1.807) is 0 Å². The van der Waals surface area contributed by atoms with E-state index in [-0.39, 0.29) is 17.4 Å². The third-order valence-corrected chi connectivity index (χ3v) is 5.66. The van der Waals surface area contributed by atoms with Gasteiger partial charge in [-0.3, -0.25) is 4.79 Å². The summed E-state index contributed by atoms with van der Waals surface area (Å²) in [6.45, 7) is 7.31. The van der Waals surface area contributed by atoms with E-state index < -0.39 is 0 Å². The Labute approximate surface area is 167 Å². The third kappa shape index (κ3) is 3.47. The van der Waals surface area contributed by atoms with Gasteiger partial charge in [0.2, 0.25) is 0 Å². The van der Waals surface area contributed by atoms with Gasteiger partial charge in [-0.25, -0.2) is 0 Å².